The van der Waals surface area contributed by atoms with Crippen LogP contribution in [-0.4, -0.2) is 36.6 Å². The van der Waals surface area contributed by atoms with E-state index in [2.05, 4.69) is 24.1 Å². The first-order valence-electron chi connectivity index (χ1n) is 8.23. The van der Waals surface area contributed by atoms with E-state index < -0.39 is 0 Å². The lowest BCUT2D eigenvalue weighted by atomic mass is 9.74. The first kappa shape index (κ1) is 12.9. The second kappa shape index (κ2) is 5.13. The van der Waals surface area contributed by atoms with Crippen molar-refractivity contribution in [2.45, 2.75) is 70.9 Å². The Bertz CT molecular complexity index is 275. The first-order valence-corrected chi connectivity index (χ1v) is 8.23. The normalized spacial score (nSPS) is 39.3. The predicted octanol–water partition coefficient (Wildman–Crippen LogP) is 3.03. The number of fused-ring (bicyclic) bond motifs is 2. The third kappa shape index (κ3) is 2.34. The summed E-state index contributed by atoms with van der Waals surface area (Å²) >= 11 is 0. The Morgan fingerprint density at radius 1 is 1.11 bits per heavy atom. The minimum Gasteiger partial charge on any atom is -0.311 e. The minimum absolute atomic E-state index is 0.684. The van der Waals surface area contributed by atoms with E-state index >= 15 is 0 Å². The van der Waals surface area contributed by atoms with Gasteiger partial charge in [-0.25, -0.2) is 0 Å². The van der Waals surface area contributed by atoms with Gasteiger partial charge in [-0.1, -0.05) is 26.7 Å². The van der Waals surface area contributed by atoms with Crippen LogP contribution in [0.3, 0.4) is 0 Å². The van der Waals surface area contributed by atoms with Gasteiger partial charge < -0.3 is 10.2 Å². The lowest BCUT2D eigenvalue weighted by Gasteiger charge is -2.42. The van der Waals surface area contributed by atoms with Crippen LogP contribution in [-0.2, 0) is 0 Å². The van der Waals surface area contributed by atoms with Crippen molar-refractivity contribution < 1.29 is 0 Å². The van der Waals surface area contributed by atoms with E-state index in [0.29, 0.717) is 5.41 Å². The number of piperidine rings is 1. The molecule has 3 aliphatic rings. The topological polar surface area (TPSA) is 15.3 Å². The van der Waals surface area contributed by atoms with E-state index in [1.54, 1.807) is 0 Å². The van der Waals surface area contributed by atoms with Crippen LogP contribution in [0.5, 0.6) is 0 Å². The molecular formula is C16H30N2. The SMILES string of the molecule is CCC1(CC)CCN(CC2CC3CCC2N3)CC1. The predicted molar refractivity (Wildman–Crippen MR) is 76.7 cm³/mol. The number of nitrogens with one attached hydrogen (secondary N) is 1. The summed E-state index contributed by atoms with van der Waals surface area (Å²) in [4.78, 5) is 2.76. The molecule has 0 saturated carbocycles. The molecule has 3 rings (SSSR count). The molecule has 2 bridgehead atoms. The fraction of sp³-hybridized carbons (Fsp3) is 1.00. The Kier molecular flexibility index (Phi) is 3.68. The van der Waals surface area contributed by atoms with Gasteiger partial charge in [0.15, 0.2) is 0 Å². The Labute approximate surface area is 113 Å². The Morgan fingerprint density at radius 2 is 1.83 bits per heavy atom. The second-order valence-electron chi connectivity index (χ2n) is 7.05. The van der Waals surface area contributed by atoms with Crippen LogP contribution >= 0.6 is 0 Å². The quantitative estimate of drug-likeness (QED) is 0.825. The van der Waals surface area contributed by atoms with Crippen molar-refractivity contribution in [3.05, 3.63) is 0 Å². The number of hydrogen-bond donors (Lipinski definition) is 1. The van der Waals surface area contributed by atoms with E-state index in [9.17, 15) is 0 Å². The molecule has 3 saturated heterocycles. The van der Waals surface area contributed by atoms with Gasteiger partial charge in [0.2, 0.25) is 0 Å². The van der Waals surface area contributed by atoms with Crippen molar-refractivity contribution in [1.29, 1.82) is 0 Å². The fourth-order valence-corrected chi connectivity index (χ4v) is 4.64. The molecule has 0 aromatic carbocycles. The maximum absolute atomic E-state index is 3.78. The van der Waals surface area contributed by atoms with Crippen molar-refractivity contribution in [1.82, 2.24) is 10.2 Å². The number of nitrogens with zero attached hydrogens (tertiary/aromatic N) is 1. The lowest BCUT2D eigenvalue weighted by molar-refractivity contribution is 0.0810. The molecular weight excluding hydrogens is 220 g/mol. The molecule has 18 heavy (non-hydrogen) atoms. The van der Waals surface area contributed by atoms with Gasteiger partial charge >= 0.3 is 0 Å². The average molecular weight is 250 g/mol. The monoisotopic (exact) mass is 250 g/mol. The van der Waals surface area contributed by atoms with Crippen molar-refractivity contribution in [3.63, 3.8) is 0 Å². The van der Waals surface area contributed by atoms with E-state index in [-0.39, 0.29) is 0 Å². The summed E-state index contributed by atoms with van der Waals surface area (Å²) in [5.74, 6) is 0.958. The molecule has 0 aliphatic carbocycles. The Balaban J connectivity index is 1.48. The molecule has 0 amide bonds. The summed E-state index contributed by atoms with van der Waals surface area (Å²) in [6.45, 7) is 8.86. The van der Waals surface area contributed by atoms with Gasteiger partial charge in [-0.2, -0.15) is 0 Å². The van der Waals surface area contributed by atoms with Gasteiger partial charge in [-0.15, -0.1) is 0 Å². The van der Waals surface area contributed by atoms with Crippen LogP contribution in [0.15, 0.2) is 0 Å². The number of likely N-dealkylation sites (tertiary alicyclic amines) is 1. The van der Waals surface area contributed by atoms with E-state index in [4.69, 9.17) is 0 Å². The van der Waals surface area contributed by atoms with Crippen molar-refractivity contribution >= 4 is 0 Å². The highest BCUT2D eigenvalue weighted by atomic mass is 15.2. The first-order chi connectivity index (χ1) is 8.74. The van der Waals surface area contributed by atoms with Crippen LogP contribution in [0, 0.1) is 11.3 Å². The smallest absolute Gasteiger partial charge is 0.0111 e. The van der Waals surface area contributed by atoms with Crippen molar-refractivity contribution in [2.24, 2.45) is 11.3 Å². The second-order valence-corrected chi connectivity index (χ2v) is 7.05. The molecule has 2 nitrogen and oxygen atoms in total. The highest BCUT2D eigenvalue weighted by Gasteiger charge is 2.40. The van der Waals surface area contributed by atoms with Gasteiger partial charge in [0.05, 0.1) is 0 Å². The van der Waals surface area contributed by atoms with Gasteiger partial charge in [0, 0.05) is 18.6 Å². The molecule has 0 aromatic heterocycles. The molecule has 3 heterocycles. The van der Waals surface area contributed by atoms with Gasteiger partial charge in [0.1, 0.15) is 0 Å². The molecule has 3 fully saturated rings. The van der Waals surface area contributed by atoms with Gasteiger partial charge in [-0.05, 0) is 56.5 Å². The summed E-state index contributed by atoms with van der Waals surface area (Å²) in [5.41, 5.74) is 0.684. The zero-order chi connectivity index (χ0) is 12.6. The van der Waals surface area contributed by atoms with E-state index in [0.717, 1.165) is 18.0 Å². The van der Waals surface area contributed by atoms with Crippen LogP contribution in [0.2, 0.25) is 0 Å². The molecule has 104 valence electrons. The fourth-order valence-electron chi connectivity index (χ4n) is 4.64. The van der Waals surface area contributed by atoms with Crippen LogP contribution in [0.4, 0.5) is 0 Å². The molecule has 1 N–H and O–H groups in total. The number of rotatable bonds is 4. The summed E-state index contributed by atoms with van der Waals surface area (Å²) in [7, 11) is 0. The van der Waals surface area contributed by atoms with Crippen LogP contribution < -0.4 is 5.32 Å². The molecule has 3 aliphatic heterocycles. The van der Waals surface area contributed by atoms with Crippen LogP contribution in [0.25, 0.3) is 0 Å². The summed E-state index contributed by atoms with van der Waals surface area (Å²) < 4.78 is 0. The van der Waals surface area contributed by atoms with E-state index in [1.807, 2.05) is 0 Å². The maximum atomic E-state index is 3.78. The third-order valence-corrected chi connectivity index (χ3v) is 6.34. The molecule has 2 heteroatoms. The van der Waals surface area contributed by atoms with Gasteiger partial charge in [0.25, 0.3) is 0 Å². The van der Waals surface area contributed by atoms with Gasteiger partial charge in [-0.3, -0.25) is 0 Å². The Hall–Kier alpha value is -0.0800. The largest absolute Gasteiger partial charge is 0.311 e. The molecule has 3 atom stereocenters. The number of hydrogen-bond acceptors (Lipinski definition) is 2. The lowest BCUT2D eigenvalue weighted by Crippen LogP contribution is -2.43. The summed E-state index contributed by atoms with van der Waals surface area (Å²) in [6, 6.07) is 1.73. The van der Waals surface area contributed by atoms with Crippen molar-refractivity contribution in [2.75, 3.05) is 19.6 Å². The molecule has 3 unspecified atom stereocenters. The average Bonchev–Trinajstić information content (AvgIpc) is 3.02. The Morgan fingerprint density at radius 3 is 2.33 bits per heavy atom. The highest BCUT2D eigenvalue weighted by Crippen LogP contribution is 2.39. The molecule has 0 aromatic rings. The summed E-state index contributed by atoms with van der Waals surface area (Å²) in [5, 5.41) is 3.78. The van der Waals surface area contributed by atoms with Crippen LogP contribution in [0.1, 0.15) is 58.8 Å². The highest BCUT2D eigenvalue weighted by molar-refractivity contribution is 4.98. The zero-order valence-corrected chi connectivity index (χ0v) is 12.3. The molecule has 0 radical (unpaired) electrons. The summed E-state index contributed by atoms with van der Waals surface area (Å²) in [6.07, 6.45) is 9.98. The maximum Gasteiger partial charge on any atom is 0.0111 e. The zero-order valence-electron chi connectivity index (χ0n) is 12.3. The van der Waals surface area contributed by atoms with Crippen molar-refractivity contribution in [3.8, 4) is 0 Å². The molecule has 0 spiro atoms. The standard InChI is InChI=1S/C16H30N2/c1-3-16(4-2)7-9-18(10-8-16)12-13-11-14-5-6-15(13)17-14/h13-15,17H,3-12H2,1-2H3. The third-order valence-electron chi connectivity index (χ3n) is 6.34. The van der Waals surface area contributed by atoms with E-state index in [1.165, 1.54) is 64.6 Å². The minimum atomic E-state index is 0.684.